The van der Waals surface area contributed by atoms with Crippen molar-refractivity contribution in [3.05, 3.63) is 59.2 Å². The molecule has 1 atom stereocenters. The zero-order valence-electron chi connectivity index (χ0n) is 12.8. The van der Waals surface area contributed by atoms with Crippen molar-refractivity contribution in [2.24, 2.45) is 0 Å². The summed E-state index contributed by atoms with van der Waals surface area (Å²) < 4.78 is 0. The van der Waals surface area contributed by atoms with Gasteiger partial charge in [-0.1, -0.05) is 36.8 Å². The Morgan fingerprint density at radius 2 is 1.90 bits per heavy atom. The molecule has 2 heteroatoms. The molecule has 21 heavy (non-hydrogen) atoms. The summed E-state index contributed by atoms with van der Waals surface area (Å²) in [7, 11) is 0. The first-order valence-corrected chi connectivity index (χ1v) is 7.84. The fraction of sp³-hybridized carbons (Fsp3) is 0.368. The van der Waals surface area contributed by atoms with E-state index in [1.165, 1.54) is 35.3 Å². The molecule has 110 valence electrons. The molecule has 0 spiro atoms. The van der Waals surface area contributed by atoms with E-state index in [4.69, 9.17) is 0 Å². The van der Waals surface area contributed by atoms with E-state index in [0.29, 0.717) is 0 Å². The first kappa shape index (κ1) is 14.2. The first-order valence-electron chi connectivity index (χ1n) is 7.84. The van der Waals surface area contributed by atoms with Gasteiger partial charge in [-0.15, -0.1) is 0 Å². The summed E-state index contributed by atoms with van der Waals surface area (Å²) in [6.07, 6.45) is 2.76. The molecule has 0 saturated carbocycles. The maximum atomic E-state index is 9.91. The quantitative estimate of drug-likeness (QED) is 0.894. The number of anilines is 2. The van der Waals surface area contributed by atoms with Crippen molar-refractivity contribution in [3.8, 4) is 0 Å². The first-order chi connectivity index (χ1) is 10.2. The topological polar surface area (TPSA) is 23.5 Å². The van der Waals surface area contributed by atoms with E-state index in [9.17, 15) is 5.11 Å². The Morgan fingerprint density at radius 1 is 1.14 bits per heavy atom. The van der Waals surface area contributed by atoms with Gasteiger partial charge in [0.2, 0.25) is 0 Å². The van der Waals surface area contributed by atoms with E-state index >= 15 is 0 Å². The van der Waals surface area contributed by atoms with Crippen LogP contribution in [0.2, 0.25) is 0 Å². The third kappa shape index (κ3) is 2.81. The van der Waals surface area contributed by atoms with Gasteiger partial charge in [-0.25, -0.2) is 0 Å². The Labute approximate surface area is 127 Å². The minimum atomic E-state index is -0.352. The molecule has 2 nitrogen and oxygen atoms in total. The molecular weight excluding hydrogens is 258 g/mol. The SMILES string of the molecule is CC[C@@H](O)c1ccc(N2CCCc3cc(C)ccc32)cc1. The normalized spacial score (nSPS) is 15.7. The molecule has 0 unspecified atom stereocenters. The van der Waals surface area contributed by atoms with E-state index in [2.05, 4.69) is 42.2 Å². The highest BCUT2D eigenvalue weighted by atomic mass is 16.3. The summed E-state index contributed by atoms with van der Waals surface area (Å²) in [5.41, 5.74) is 6.32. The van der Waals surface area contributed by atoms with E-state index in [1.54, 1.807) is 0 Å². The number of benzene rings is 2. The molecule has 0 radical (unpaired) electrons. The van der Waals surface area contributed by atoms with Crippen molar-refractivity contribution in [2.45, 2.75) is 39.2 Å². The van der Waals surface area contributed by atoms with Crippen molar-refractivity contribution in [1.82, 2.24) is 0 Å². The number of hydrogen-bond acceptors (Lipinski definition) is 2. The molecule has 0 fully saturated rings. The van der Waals surface area contributed by atoms with Crippen LogP contribution in [0.1, 0.15) is 42.6 Å². The third-order valence-corrected chi connectivity index (χ3v) is 4.33. The van der Waals surface area contributed by atoms with Crippen LogP contribution in [0.3, 0.4) is 0 Å². The summed E-state index contributed by atoms with van der Waals surface area (Å²) in [5, 5.41) is 9.91. The highest BCUT2D eigenvalue weighted by Crippen LogP contribution is 2.34. The van der Waals surface area contributed by atoms with Crippen molar-refractivity contribution in [2.75, 3.05) is 11.4 Å². The van der Waals surface area contributed by atoms with Crippen LogP contribution in [-0.4, -0.2) is 11.7 Å². The molecule has 0 aromatic heterocycles. The fourth-order valence-corrected chi connectivity index (χ4v) is 3.11. The highest BCUT2D eigenvalue weighted by Gasteiger charge is 2.18. The Bertz CT molecular complexity index is 618. The molecular formula is C19H23NO. The van der Waals surface area contributed by atoms with E-state index in [1.807, 2.05) is 19.1 Å². The van der Waals surface area contributed by atoms with Gasteiger partial charge in [0, 0.05) is 17.9 Å². The zero-order valence-corrected chi connectivity index (χ0v) is 12.8. The van der Waals surface area contributed by atoms with Gasteiger partial charge in [-0.3, -0.25) is 0 Å². The van der Waals surface area contributed by atoms with Gasteiger partial charge in [-0.05, 0) is 55.5 Å². The maximum Gasteiger partial charge on any atom is 0.0787 e. The second kappa shape index (κ2) is 5.90. The Kier molecular flexibility index (Phi) is 3.98. The van der Waals surface area contributed by atoms with Crippen molar-refractivity contribution < 1.29 is 5.11 Å². The lowest BCUT2D eigenvalue weighted by Gasteiger charge is -2.32. The molecule has 0 aliphatic carbocycles. The van der Waals surface area contributed by atoms with Crippen LogP contribution in [-0.2, 0) is 6.42 Å². The molecule has 2 aromatic carbocycles. The number of nitrogens with zero attached hydrogens (tertiary/aromatic N) is 1. The Morgan fingerprint density at radius 3 is 2.62 bits per heavy atom. The minimum Gasteiger partial charge on any atom is -0.388 e. The predicted octanol–water partition coefficient (Wildman–Crippen LogP) is 4.52. The van der Waals surface area contributed by atoms with Crippen LogP contribution in [0.25, 0.3) is 0 Å². The van der Waals surface area contributed by atoms with Crippen molar-refractivity contribution >= 4 is 11.4 Å². The summed E-state index contributed by atoms with van der Waals surface area (Å²) >= 11 is 0. The number of aliphatic hydroxyl groups is 1. The number of aliphatic hydroxyl groups excluding tert-OH is 1. The largest absolute Gasteiger partial charge is 0.388 e. The fourth-order valence-electron chi connectivity index (χ4n) is 3.11. The zero-order chi connectivity index (χ0) is 14.8. The molecule has 0 bridgehead atoms. The molecule has 1 aliphatic heterocycles. The third-order valence-electron chi connectivity index (χ3n) is 4.33. The number of rotatable bonds is 3. The lowest BCUT2D eigenvalue weighted by molar-refractivity contribution is 0.173. The molecule has 2 aromatic rings. The summed E-state index contributed by atoms with van der Waals surface area (Å²) in [6, 6.07) is 15.1. The standard InChI is InChI=1S/C19H23NO/c1-3-19(21)15-7-9-17(10-8-15)20-12-4-5-16-13-14(2)6-11-18(16)20/h6-11,13,19,21H,3-5,12H2,1-2H3/t19-/m1/s1. The van der Waals surface area contributed by atoms with Gasteiger partial charge in [-0.2, -0.15) is 0 Å². The summed E-state index contributed by atoms with van der Waals surface area (Å²) in [4.78, 5) is 2.39. The number of aryl methyl sites for hydroxylation is 2. The minimum absolute atomic E-state index is 0.352. The predicted molar refractivity (Wildman–Crippen MR) is 88.2 cm³/mol. The molecule has 0 saturated heterocycles. The molecule has 0 amide bonds. The van der Waals surface area contributed by atoms with Crippen LogP contribution in [0.15, 0.2) is 42.5 Å². The van der Waals surface area contributed by atoms with Gasteiger partial charge in [0.1, 0.15) is 0 Å². The van der Waals surface area contributed by atoms with E-state index in [-0.39, 0.29) is 6.10 Å². The van der Waals surface area contributed by atoms with Gasteiger partial charge >= 0.3 is 0 Å². The van der Waals surface area contributed by atoms with E-state index in [0.717, 1.165) is 18.5 Å². The van der Waals surface area contributed by atoms with Crippen LogP contribution in [0, 0.1) is 6.92 Å². The number of hydrogen-bond donors (Lipinski definition) is 1. The second-order valence-electron chi connectivity index (χ2n) is 5.90. The van der Waals surface area contributed by atoms with Gasteiger partial charge in [0.05, 0.1) is 6.10 Å². The Balaban J connectivity index is 1.92. The molecule has 3 rings (SSSR count). The van der Waals surface area contributed by atoms with Crippen LogP contribution in [0.5, 0.6) is 0 Å². The lowest BCUT2D eigenvalue weighted by Crippen LogP contribution is -2.24. The van der Waals surface area contributed by atoms with Crippen molar-refractivity contribution in [3.63, 3.8) is 0 Å². The average Bonchev–Trinajstić information content (AvgIpc) is 2.53. The second-order valence-corrected chi connectivity index (χ2v) is 5.90. The van der Waals surface area contributed by atoms with Crippen LogP contribution in [0.4, 0.5) is 11.4 Å². The molecule has 1 N–H and O–H groups in total. The smallest absolute Gasteiger partial charge is 0.0787 e. The molecule has 1 aliphatic rings. The average molecular weight is 281 g/mol. The lowest BCUT2D eigenvalue weighted by atomic mass is 9.98. The summed E-state index contributed by atoms with van der Waals surface area (Å²) in [6.45, 7) is 5.22. The summed E-state index contributed by atoms with van der Waals surface area (Å²) in [5.74, 6) is 0. The Hall–Kier alpha value is -1.80. The van der Waals surface area contributed by atoms with Crippen LogP contribution >= 0.6 is 0 Å². The van der Waals surface area contributed by atoms with Gasteiger partial charge < -0.3 is 10.0 Å². The van der Waals surface area contributed by atoms with Crippen molar-refractivity contribution in [1.29, 1.82) is 0 Å². The maximum absolute atomic E-state index is 9.91. The molecule has 1 heterocycles. The van der Waals surface area contributed by atoms with E-state index < -0.39 is 0 Å². The monoisotopic (exact) mass is 281 g/mol. The highest BCUT2D eigenvalue weighted by molar-refractivity contribution is 5.68. The number of fused-ring (bicyclic) bond motifs is 1. The van der Waals surface area contributed by atoms with Gasteiger partial charge in [0.25, 0.3) is 0 Å². The van der Waals surface area contributed by atoms with Crippen LogP contribution < -0.4 is 4.90 Å². The van der Waals surface area contributed by atoms with Gasteiger partial charge in [0.15, 0.2) is 0 Å².